The average Bonchev–Trinajstić information content (AvgIpc) is 2.46. The van der Waals surface area contributed by atoms with Gasteiger partial charge in [0.05, 0.1) is 30.8 Å². The number of hydrogen-bond donors (Lipinski definition) is 0. The number of morpholine rings is 1. The largest absolute Gasteiger partial charge is 0.496 e. The molecule has 8 heteroatoms. The van der Waals surface area contributed by atoms with Crippen molar-refractivity contribution in [2.75, 3.05) is 38.3 Å². The van der Waals surface area contributed by atoms with Crippen LogP contribution in [0.25, 0.3) is 0 Å². The Hall–Kier alpha value is -1.86. The van der Waals surface area contributed by atoms with Crippen molar-refractivity contribution in [1.29, 1.82) is 0 Å². The van der Waals surface area contributed by atoms with Crippen molar-refractivity contribution in [3.05, 3.63) is 27.8 Å². The van der Waals surface area contributed by atoms with E-state index in [0.717, 1.165) is 6.07 Å². The van der Waals surface area contributed by atoms with Crippen LogP contribution < -0.4 is 9.64 Å². The molecule has 2 rings (SSSR count). The van der Waals surface area contributed by atoms with E-state index in [9.17, 15) is 14.9 Å². The summed E-state index contributed by atoms with van der Waals surface area (Å²) >= 11 is 5.43. The number of carbonyl (C=O) groups is 1. The van der Waals surface area contributed by atoms with Crippen molar-refractivity contribution >= 4 is 28.2 Å². The molecule has 7 nitrogen and oxygen atoms in total. The Bertz CT molecular complexity index is 543. The van der Waals surface area contributed by atoms with Gasteiger partial charge in [0.1, 0.15) is 11.4 Å². The second kappa shape index (κ2) is 6.06. The fourth-order valence-corrected chi connectivity index (χ4v) is 2.23. The Labute approximate surface area is 120 Å². The third-order valence-corrected chi connectivity index (χ3v) is 3.26. The number of halogens is 1. The van der Waals surface area contributed by atoms with Gasteiger partial charge in [-0.25, -0.2) is 0 Å². The Balaban J connectivity index is 2.53. The van der Waals surface area contributed by atoms with E-state index < -0.39 is 10.2 Å². The standard InChI is InChI=1S/C12H13ClN2O5/c1-19-11-7-9(14-2-4-20-5-3-14)10(15(17)18)6-8(11)12(13)16/h6-7H,2-5H2,1H3. The molecule has 0 aliphatic carbocycles. The van der Waals surface area contributed by atoms with Gasteiger partial charge >= 0.3 is 0 Å². The molecule has 0 N–H and O–H groups in total. The first-order valence-electron chi connectivity index (χ1n) is 5.93. The van der Waals surface area contributed by atoms with Gasteiger partial charge in [-0.15, -0.1) is 0 Å². The minimum absolute atomic E-state index is 0.0159. The number of ether oxygens (including phenoxy) is 2. The summed E-state index contributed by atoms with van der Waals surface area (Å²) in [5.74, 6) is 0.220. The predicted octanol–water partition coefficient (Wildman–Crippen LogP) is 1.82. The predicted molar refractivity (Wildman–Crippen MR) is 72.9 cm³/mol. The SMILES string of the molecule is COc1cc(N2CCOCC2)c([N+](=O)[O-])cc1C(=O)Cl. The topological polar surface area (TPSA) is 81.9 Å². The minimum atomic E-state index is -0.793. The van der Waals surface area contributed by atoms with Gasteiger partial charge < -0.3 is 14.4 Å². The molecule has 0 amide bonds. The maximum Gasteiger partial charge on any atom is 0.293 e. The molecule has 0 radical (unpaired) electrons. The summed E-state index contributed by atoms with van der Waals surface area (Å²) in [7, 11) is 1.38. The number of nitro groups is 1. The van der Waals surface area contributed by atoms with Gasteiger partial charge in [-0.05, 0) is 11.6 Å². The molecule has 1 saturated heterocycles. The second-order valence-corrected chi connectivity index (χ2v) is 4.51. The lowest BCUT2D eigenvalue weighted by atomic mass is 10.1. The Morgan fingerprint density at radius 2 is 2.10 bits per heavy atom. The highest BCUT2D eigenvalue weighted by atomic mass is 35.5. The van der Waals surface area contributed by atoms with Crippen molar-refractivity contribution < 1.29 is 19.2 Å². The van der Waals surface area contributed by atoms with Gasteiger partial charge in [-0.1, -0.05) is 0 Å². The fraction of sp³-hybridized carbons (Fsp3) is 0.417. The van der Waals surface area contributed by atoms with Crippen molar-refractivity contribution in [3.63, 3.8) is 0 Å². The molecule has 0 unspecified atom stereocenters. The van der Waals surface area contributed by atoms with E-state index in [4.69, 9.17) is 21.1 Å². The third kappa shape index (κ3) is 2.83. The van der Waals surface area contributed by atoms with Crippen molar-refractivity contribution in [2.45, 2.75) is 0 Å². The summed E-state index contributed by atoms with van der Waals surface area (Å²) in [6.45, 7) is 2.07. The summed E-state index contributed by atoms with van der Waals surface area (Å²) in [6, 6.07) is 2.62. The van der Waals surface area contributed by atoms with E-state index in [1.807, 2.05) is 4.90 Å². The highest BCUT2D eigenvalue weighted by Crippen LogP contribution is 2.36. The van der Waals surface area contributed by atoms with Gasteiger partial charge in [-0.3, -0.25) is 14.9 Å². The molecule has 0 saturated carbocycles. The van der Waals surface area contributed by atoms with Gasteiger partial charge in [0.2, 0.25) is 0 Å². The number of anilines is 1. The van der Waals surface area contributed by atoms with Crippen LogP contribution in [0.2, 0.25) is 0 Å². The molecular weight excluding hydrogens is 288 g/mol. The van der Waals surface area contributed by atoms with Crippen LogP contribution in [-0.2, 0) is 4.74 Å². The smallest absolute Gasteiger partial charge is 0.293 e. The zero-order valence-electron chi connectivity index (χ0n) is 10.8. The maximum absolute atomic E-state index is 11.3. The summed E-state index contributed by atoms with van der Waals surface area (Å²) in [5, 5.41) is 10.4. The van der Waals surface area contributed by atoms with Crippen LogP contribution in [0.4, 0.5) is 11.4 Å². The van der Waals surface area contributed by atoms with Crippen LogP contribution in [0.15, 0.2) is 12.1 Å². The van der Waals surface area contributed by atoms with Crippen molar-refractivity contribution in [1.82, 2.24) is 0 Å². The van der Waals surface area contributed by atoms with Gasteiger partial charge in [-0.2, -0.15) is 0 Å². The Morgan fingerprint density at radius 1 is 1.45 bits per heavy atom. The average molecular weight is 301 g/mol. The lowest BCUT2D eigenvalue weighted by molar-refractivity contribution is -0.384. The highest BCUT2D eigenvalue weighted by Gasteiger charge is 2.26. The summed E-state index contributed by atoms with van der Waals surface area (Å²) < 4.78 is 10.3. The zero-order valence-corrected chi connectivity index (χ0v) is 11.6. The number of methoxy groups -OCH3 is 1. The molecule has 1 fully saturated rings. The molecule has 0 aromatic heterocycles. The highest BCUT2D eigenvalue weighted by molar-refractivity contribution is 6.68. The molecule has 108 valence electrons. The number of rotatable bonds is 4. The molecular formula is C12H13ClN2O5. The molecule has 0 bridgehead atoms. The van der Waals surface area contributed by atoms with Crippen LogP contribution in [0.3, 0.4) is 0 Å². The fourth-order valence-electron chi connectivity index (χ4n) is 2.08. The monoisotopic (exact) mass is 300 g/mol. The van der Waals surface area contributed by atoms with Crippen LogP contribution in [-0.4, -0.2) is 43.6 Å². The summed E-state index contributed by atoms with van der Waals surface area (Å²) in [6.07, 6.45) is 0. The molecule has 1 aromatic rings. The van der Waals surface area contributed by atoms with Crippen LogP contribution in [0.5, 0.6) is 5.75 Å². The Morgan fingerprint density at radius 3 is 2.60 bits per heavy atom. The number of nitro benzene ring substituents is 1. The van der Waals surface area contributed by atoms with E-state index in [0.29, 0.717) is 32.0 Å². The van der Waals surface area contributed by atoms with E-state index in [1.165, 1.54) is 13.2 Å². The molecule has 1 aromatic carbocycles. The molecule has 1 aliphatic rings. The normalized spacial score (nSPS) is 15.0. The molecule has 20 heavy (non-hydrogen) atoms. The van der Waals surface area contributed by atoms with Crippen molar-refractivity contribution in [3.8, 4) is 5.75 Å². The van der Waals surface area contributed by atoms with Gasteiger partial charge in [0.25, 0.3) is 10.9 Å². The molecule has 1 heterocycles. The van der Waals surface area contributed by atoms with E-state index >= 15 is 0 Å². The first-order valence-corrected chi connectivity index (χ1v) is 6.31. The maximum atomic E-state index is 11.3. The quantitative estimate of drug-likeness (QED) is 0.479. The van der Waals surface area contributed by atoms with E-state index in [-0.39, 0.29) is 17.0 Å². The van der Waals surface area contributed by atoms with Gasteiger partial charge in [0.15, 0.2) is 0 Å². The zero-order chi connectivity index (χ0) is 14.7. The molecule has 1 aliphatic heterocycles. The van der Waals surface area contributed by atoms with Crippen molar-refractivity contribution in [2.24, 2.45) is 0 Å². The van der Waals surface area contributed by atoms with Crippen LogP contribution in [0, 0.1) is 10.1 Å². The number of hydrogen-bond acceptors (Lipinski definition) is 6. The molecule has 0 atom stereocenters. The first kappa shape index (κ1) is 14.5. The number of benzene rings is 1. The lowest BCUT2D eigenvalue weighted by Gasteiger charge is -2.28. The number of nitrogens with zero attached hydrogens (tertiary/aromatic N) is 2. The van der Waals surface area contributed by atoms with Crippen LogP contribution in [0.1, 0.15) is 10.4 Å². The van der Waals surface area contributed by atoms with E-state index in [2.05, 4.69) is 0 Å². The second-order valence-electron chi connectivity index (χ2n) is 4.17. The number of carbonyl (C=O) groups excluding carboxylic acids is 1. The summed E-state index contributed by atoms with van der Waals surface area (Å²) in [5.41, 5.74) is 0.214. The van der Waals surface area contributed by atoms with Gasteiger partial charge in [0, 0.05) is 25.2 Å². The van der Waals surface area contributed by atoms with Crippen LogP contribution >= 0.6 is 11.6 Å². The molecule has 0 spiro atoms. The lowest BCUT2D eigenvalue weighted by Crippen LogP contribution is -2.36. The first-order chi connectivity index (χ1) is 9.54. The minimum Gasteiger partial charge on any atom is -0.496 e. The third-order valence-electron chi connectivity index (χ3n) is 3.06. The Kier molecular flexibility index (Phi) is 4.41. The van der Waals surface area contributed by atoms with E-state index in [1.54, 1.807) is 0 Å². The summed E-state index contributed by atoms with van der Waals surface area (Å²) in [4.78, 5) is 23.8.